The fraction of sp³-hybridized carbons (Fsp3) is 0.429. The van der Waals surface area contributed by atoms with Crippen LogP contribution in [0.1, 0.15) is 16.7 Å². The van der Waals surface area contributed by atoms with Crippen LogP contribution < -0.4 is 4.90 Å². The van der Waals surface area contributed by atoms with Crippen molar-refractivity contribution in [3.05, 3.63) is 28.8 Å². The number of carbonyl (C=O) groups is 2. The summed E-state index contributed by atoms with van der Waals surface area (Å²) in [7, 11) is 1.19. The molecule has 0 heterocycles. The predicted octanol–water partition coefficient (Wildman–Crippen LogP) is -0.773. The molecule has 1 aromatic rings. The van der Waals surface area contributed by atoms with Gasteiger partial charge in [0.1, 0.15) is 13.1 Å². The van der Waals surface area contributed by atoms with Crippen molar-refractivity contribution in [2.45, 2.75) is 19.8 Å². The minimum Gasteiger partial charge on any atom is -0.480 e. The number of carboxylic acid groups (broad SMARTS) is 1. The smallest absolute Gasteiger partial charge is 0.325 e. The Bertz CT molecular complexity index is 519. The Morgan fingerprint density at radius 2 is 1.59 bits per heavy atom. The van der Waals surface area contributed by atoms with Crippen molar-refractivity contribution < 1.29 is 34.8 Å². The lowest BCUT2D eigenvalue weighted by molar-refractivity contribution is -0.139. The van der Waals surface area contributed by atoms with Crippen LogP contribution in [0.2, 0.25) is 0 Å². The molecule has 0 aliphatic heterocycles. The number of hydrogen-bond donors (Lipinski definition) is 4. The van der Waals surface area contributed by atoms with Crippen LogP contribution in [0.15, 0.2) is 12.1 Å². The summed E-state index contributed by atoms with van der Waals surface area (Å²) >= 11 is 0. The first kappa shape index (κ1) is 17.9. The molecule has 8 heteroatoms. The predicted molar refractivity (Wildman–Crippen MR) is 76.1 cm³/mol. The van der Waals surface area contributed by atoms with Gasteiger partial charge >= 0.3 is 11.9 Å². The average molecular weight is 313 g/mol. The minimum absolute atomic E-state index is 0.295. The number of nitrogens with zero attached hydrogens (tertiary/aromatic N) is 1. The second-order valence-electron chi connectivity index (χ2n) is 4.54. The van der Waals surface area contributed by atoms with Gasteiger partial charge in [-0.1, -0.05) is 0 Å². The lowest BCUT2D eigenvalue weighted by Gasteiger charge is -2.24. The zero-order valence-electron chi connectivity index (χ0n) is 12.2. The number of aliphatic hydroxyl groups is 3. The van der Waals surface area contributed by atoms with E-state index in [9.17, 15) is 24.9 Å². The van der Waals surface area contributed by atoms with Gasteiger partial charge in [0.25, 0.3) is 0 Å². The van der Waals surface area contributed by atoms with Crippen LogP contribution in [0.25, 0.3) is 0 Å². The Labute approximate surface area is 127 Å². The van der Waals surface area contributed by atoms with Gasteiger partial charge in [-0.05, 0) is 28.8 Å². The van der Waals surface area contributed by atoms with E-state index in [0.29, 0.717) is 22.4 Å². The van der Waals surface area contributed by atoms with E-state index in [-0.39, 0.29) is 13.2 Å². The third-order valence-corrected chi connectivity index (χ3v) is 3.16. The maximum atomic E-state index is 11.4. The summed E-state index contributed by atoms with van der Waals surface area (Å²) in [5, 5.41) is 37.0. The highest BCUT2D eigenvalue weighted by atomic mass is 16.5. The minimum atomic E-state index is -1.15. The molecule has 0 saturated carbocycles. The Morgan fingerprint density at radius 3 is 1.95 bits per heavy atom. The van der Waals surface area contributed by atoms with Crippen LogP contribution in [0.5, 0.6) is 0 Å². The summed E-state index contributed by atoms with van der Waals surface area (Å²) in [5.41, 5.74) is 1.41. The molecule has 0 amide bonds. The van der Waals surface area contributed by atoms with E-state index in [1.54, 1.807) is 0 Å². The Morgan fingerprint density at radius 1 is 1.05 bits per heavy atom. The van der Waals surface area contributed by atoms with Crippen molar-refractivity contribution in [2.75, 3.05) is 25.1 Å². The van der Waals surface area contributed by atoms with Crippen molar-refractivity contribution in [1.29, 1.82) is 0 Å². The molecule has 1 aromatic carbocycles. The van der Waals surface area contributed by atoms with Gasteiger partial charge in [-0.2, -0.15) is 0 Å². The van der Waals surface area contributed by atoms with E-state index < -0.39 is 31.7 Å². The van der Waals surface area contributed by atoms with Gasteiger partial charge in [-0.3, -0.25) is 9.59 Å². The summed E-state index contributed by atoms with van der Waals surface area (Å²) in [6, 6.07) is 2.94. The number of carbonyl (C=O) groups excluding carboxylic acids is 1. The SMILES string of the molecule is COC(=O)CN(CC(=O)O)c1cc(CO)c(CO)c(CO)c1. The van der Waals surface area contributed by atoms with Crippen molar-refractivity contribution >= 4 is 17.6 Å². The number of hydrogen-bond acceptors (Lipinski definition) is 7. The van der Waals surface area contributed by atoms with Gasteiger partial charge in [0, 0.05) is 5.69 Å². The topological polar surface area (TPSA) is 128 Å². The van der Waals surface area contributed by atoms with E-state index in [1.807, 2.05) is 0 Å². The lowest BCUT2D eigenvalue weighted by Crippen LogP contribution is -2.35. The highest BCUT2D eigenvalue weighted by Crippen LogP contribution is 2.25. The Kier molecular flexibility index (Phi) is 6.77. The first-order chi connectivity index (χ1) is 10.5. The van der Waals surface area contributed by atoms with E-state index >= 15 is 0 Å². The number of esters is 1. The fourth-order valence-electron chi connectivity index (χ4n) is 2.07. The van der Waals surface area contributed by atoms with Crippen molar-refractivity contribution in [3.63, 3.8) is 0 Å². The number of anilines is 1. The molecule has 0 bridgehead atoms. The average Bonchev–Trinajstić information content (AvgIpc) is 2.51. The molecule has 0 unspecified atom stereocenters. The van der Waals surface area contributed by atoms with Gasteiger partial charge < -0.3 is 30.1 Å². The highest BCUT2D eigenvalue weighted by molar-refractivity contribution is 5.80. The number of benzene rings is 1. The number of methoxy groups -OCH3 is 1. The van der Waals surface area contributed by atoms with E-state index in [2.05, 4.69) is 4.74 Å². The third kappa shape index (κ3) is 4.42. The summed E-state index contributed by atoms with van der Waals surface area (Å²) in [5.74, 6) is -1.77. The molecule has 0 aliphatic rings. The Balaban J connectivity index is 3.28. The maximum absolute atomic E-state index is 11.4. The molecule has 0 atom stereocenters. The van der Waals surface area contributed by atoms with E-state index in [1.165, 1.54) is 24.1 Å². The molecular weight excluding hydrogens is 294 g/mol. The molecule has 0 saturated heterocycles. The molecule has 0 spiro atoms. The molecule has 1 rings (SSSR count). The van der Waals surface area contributed by atoms with Crippen LogP contribution in [-0.2, 0) is 34.1 Å². The monoisotopic (exact) mass is 313 g/mol. The van der Waals surface area contributed by atoms with Gasteiger partial charge in [0.2, 0.25) is 0 Å². The molecule has 22 heavy (non-hydrogen) atoms. The Hall–Kier alpha value is -2.16. The maximum Gasteiger partial charge on any atom is 0.325 e. The molecule has 0 radical (unpaired) electrons. The van der Waals surface area contributed by atoms with Gasteiger partial charge in [-0.25, -0.2) is 0 Å². The largest absolute Gasteiger partial charge is 0.480 e. The molecule has 0 aliphatic carbocycles. The van der Waals surface area contributed by atoms with Crippen molar-refractivity contribution in [1.82, 2.24) is 0 Å². The first-order valence-corrected chi connectivity index (χ1v) is 6.47. The van der Waals surface area contributed by atoms with E-state index in [0.717, 1.165) is 0 Å². The highest BCUT2D eigenvalue weighted by Gasteiger charge is 2.18. The number of carboxylic acids is 1. The second-order valence-corrected chi connectivity index (χ2v) is 4.54. The zero-order chi connectivity index (χ0) is 16.7. The van der Waals surface area contributed by atoms with Crippen molar-refractivity contribution in [2.24, 2.45) is 0 Å². The summed E-state index contributed by atoms with van der Waals surface area (Å²) in [6.07, 6.45) is 0. The second kappa shape index (κ2) is 8.32. The van der Waals surface area contributed by atoms with Crippen molar-refractivity contribution in [3.8, 4) is 0 Å². The standard InChI is InChI=1S/C14H19NO7/c1-22-14(21)5-15(4-13(19)20)11-2-9(6-16)12(8-18)10(3-11)7-17/h2-3,16-18H,4-8H2,1H3,(H,19,20). The van der Waals surface area contributed by atoms with Crippen LogP contribution >= 0.6 is 0 Å². The zero-order valence-corrected chi connectivity index (χ0v) is 12.2. The quantitative estimate of drug-likeness (QED) is 0.461. The normalized spacial score (nSPS) is 10.4. The number of aliphatic hydroxyl groups excluding tert-OH is 3. The first-order valence-electron chi connectivity index (χ1n) is 6.47. The van der Waals surface area contributed by atoms with Crippen LogP contribution in [0.4, 0.5) is 5.69 Å². The number of rotatable bonds is 8. The van der Waals surface area contributed by atoms with Gasteiger partial charge in [0.05, 0.1) is 26.9 Å². The summed E-state index contributed by atoms with van der Waals surface area (Å²) < 4.78 is 4.53. The lowest BCUT2D eigenvalue weighted by atomic mass is 10.0. The molecule has 122 valence electrons. The molecule has 4 N–H and O–H groups in total. The van der Waals surface area contributed by atoms with Crippen LogP contribution in [0.3, 0.4) is 0 Å². The van der Waals surface area contributed by atoms with Crippen LogP contribution in [-0.4, -0.2) is 52.6 Å². The number of ether oxygens (including phenoxy) is 1. The number of aliphatic carboxylic acids is 1. The molecular formula is C14H19NO7. The summed E-state index contributed by atoms with van der Waals surface area (Å²) in [4.78, 5) is 23.6. The molecule has 0 fully saturated rings. The van der Waals surface area contributed by atoms with Crippen LogP contribution in [0, 0.1) is 0 Å². The molecule has 0 aromatic heterocycles. The van der Waals surface area contributed by atoms with Gasteiger partial charge in [-0.15, -0.1) is 0 Å². The van der Waals surface area contributed by atoms with E-state index in [4.69, 9.17) is 5.11 Å². The third-order valence-electron chi connectivity index (χ3n) is 3.16. The van der Waals surface area contributed by atoms with Gasteiger partial charge in [0.15, 0.2) is 0 Å². The fourth-order valence-corrected chi connectivity index (χ4v) is 2.07. The molecule has 8 nitrogen and oxygen atoms in total. The summed E-state index contributed by atoms with van der Waals surface area (Å²) in [6.45, 7) is -1.91.